The summed E-state index contributed by atoms with van der Waals surface area (Å²) in [7, 11) is 0. The molecule has 0 aromatic heterocycles. The topological polar surface area (TPSA) is 43.4 Å². The van der Waals surface area contributed by atoms with Crippen molar-refractivity contribution in [1.29, 1.82) is 0 Å². The molecule has 0 spiro atoms. The highest BCUT2D eigenvalue weighted by Gasteiger charge is 2.37. The SMILES string of the molecule is CC(C)(C)C(=O)C(C)(C)COC(=O)c1cccc(S)c1. The third-order valence-corrected chi connectivity index (χ3v) is 3.22. The van der Waals surface area contributed by atoms with E-state index >= 15 is 0 Å². The summed E-state index contributed by atoms with van der Waals surface area (Å²) in [5, 5.41) is 0. The molecule has 0 fully saturated rings. The molecule has 3 nitrogen and oxygen atoms in total. The first-order valence-electron chi connectivity index (χ1n) is 6.55. The van der Waals surface area contributed by atoms with Crippen molar-refractivity contribution in [3.8, 4) is 0 Å². The minimum Gasteiger partial charge on any atom is -0.461 e. The second-order valence-corrected chi connectivity index (χ2v) is 7.11. The average Bonchev–Trinajstić information content (AvgIpc) is 2.34. The maximum atomic E-state index is 12.3. The van der Waals surface area contributed by atoms with Gasteiger partial charge in [-0.3, -0.25) is 4.79 Å². The van der Waals surface area contributed by atoms with Crippen molar-refractivity contribution in [3.05, 3.63) is 29.8 Å². The molecule has 0 N–H and O–H groups in total. The average molecular weight is 294 g/mol. The smallest absolute Gasteiger partial charge is 0.338 e. The van der Waals surface area contributed by atoms with Gasteiger partial charge in [0, 0.05) is 10.3 Å². The van der Waals surface area contributed by atoms with Crippen molar-refractivity contribution in [2.24, 2.45) is 10.8 Å². The van der Waals surface area contributed by atoms with Gasteiger partial charge < -0.3 is 4.74 Å². The van der Waals surface area contributed by atoms with E-state index in [1.54, 1.807) is 38.1 Å². The van der Waals surface area contributed by atoms with Crippen LogP contribution in [0.1, 0.15) is 45.0 Å². The zero-order valence-electron chi connectivity index (χ0n) is 12.7. The number of carbonyl (C=O) groups excluding carboxylic acids is 2. The monoisotopic (exact) mass is 294 g/mol. The Morgan fingerprint density at radius 1 is 1.15 bits per heavy atom. The summed E-state index contributed by atoms with van der Waals surface area (Å²) in [5.74, 6) is -0.364. The molecule has 0 radical (unpaired) electrons. The van der Waals surface area contributed by atoms with E-state index < -0.39 is 16.8 Å². The number of ether oxygens (including phenoxy) is 1. The van der Waals surface area contributed by atoms with E-state index in [0.29, 0.717) is 10.5 Å². The van der Waals surface area contributed by atoms with Gasteiger partial charge in [0.25, 0.3) is 0 Å². The van der Waals surface area contributed by atoms with Crippen LogP contribution < -0.4 is 0 Å². The molecule has 20 heavy (non-hydrogen) atoms. The number of benzene rings is 1. The Morgan fingerprint density at radius 2 is 1.75 bits per heavy atom. The Morgan fingerprint density at radius 3 is 2.25 bits per heavy atom. The predicted octanol–water partition coefficient (Wildman–Crippen LogP) is 3.77. The minimum absolute atomic E-state index is 0.0682. The molecule has 110 valence electrons. The van der Waals surface area contributed by atoms with Crippen LogP contribution in [-0.4, -0.2) is 18.4 Å². The highest BCUT2D eigenvalue weighted by molar-refractivity contribution is 7.80. The number of Topliss-reactive ketones (excluding diaryl/α,β-unsaturated/α-hetero) is 1. The van der Waals surface area contributed by atoms with Gasteiger partial charge in [0.2, 0.25) is 0 Å². The summed E-state index contributed by atoms with van der Waals surface area (Å²) in [4.78, 5) is 24.9. The summed E-state index contributed by atoms with van der Waals surface area (Å²) in [5.41, 5.74) is -0.718. The fourth-order valence-electron chi connectivity index (χ4n) is 2.04. The number of hydrogen-bond acceptors (Lipinski definition) is 4. The minimum atomic E-state index is -0.702. The molecule has 1 aromatic carbocycles. The van der Waals surface area contributed by atoms with Gasteiger partial charge in [-0.05, 0) is 32.0 Å². The van der Waals surface area contributed by atoms with Crippen molar-refractivity contribution in [3.63, 3.8) is 0 Å². The molecule has 0 atom stereocenters. The van der Waals surface area contributed by atoms with Crippen molar-refractivity contribution in [2.45, 2.75) is 39.5 Å². The fourth-order valence-corrected chi connectivity index (χ4v) is 2.27. The van der Waals surface area contributed by atoms with Crippen LogP contribution in [0.3, 0.4) is 0 Å². The molecule has 0 heterocycles. The molecule has 0 amide bonds. The van der Waals surface area contributed by atoms with Crippen LogP contribution in [0.2, 0.25) is 0 Å². The molecule has 4 heteroatoms. The number of ketones is 1. The Labute approximate surface area is 126 Å². The Balaban J connectivity index is 2.72. The lowest BCUT2D eigenvalue weighted by Crippen LogP contribution is -2.38. The van der Waals surface area contributed by atoms with E-state index in [0.717, 1.165) is 0 Å². The maximum absolute atomic E-state index is 12.3. The lowest BCUT2D eigenvalue weighted by molar-refractivity contribution is -0.137. The molecule has 0 bridgehead atoms. The number of esters is 1. The van der Waals surface area contributed by atoms with Gasteiger partial charge in [-0.2, -0.15) is 0 Å². The molecule has 1 aromatic rings. The third-order valence-electron chi connectivity index (χ3n) is 2.94. The summed E-state index contributed by atoms with van der Waals surface area (Å²) >= 11 is 4.18. The Hall–Kier alpha value is -1.29. The summed E-state index contributed by atoms with van der Waals surface area (Å²) < 4.78 is 5.27. The number of carbonyl (C=O) groups is 2. The van der Waals surface area contributed by atoms with E-state index in [4.69, 9.17) is 4.74 Å². The fraction of sp³-hybridized carbons (Fsp3) is 0.500. The van der Waals surface area contributed by atoms with Crippen LogP contribution in [0.5, 0.6) is 0 Å². The van der Waals surface area contributed by atoms with Crippen LogP contribution in [0, 0.1) is 10.8 Å². The predicted molar refractivity (Wildman–Crippen MR) is 82.2 cm³/mol. The van der Waals surface area contributed by atoms with Gasteiger partial charge >= 0.3 is 5.97 Å². The van der Waals surface area contributed by atoms with Crippen LogP contribution in [0.25, 0.3) is 0 Å². The standard InChI is InChI=1S/C16H22O3S/c1-15(2,3)14(18)16(4,5)10-19-13(17)11-7-6-8-12(20)9-11/h6-9,20H,10H2,1-5H3. The molecule has 0 aliphatic heterocycles. The van der Waals surface area contributed by atoms with Crippen molar-refractivity contribution >= 4 is 24.4 Å². The molecular weight excluding hydrogens is 272 g/mol. The van der Waals surface area contributed by atoms with Gasteiger partial charge in [-0.15, -0.1) is 12.6 Å². The maximum Gasteiger partial charge on any atom is 0.338 e. The van der Waals surface area contributed by atoms with Gasteiger partial charge in [0.1, 0.15) is 12.4 Å². The van der Waals surface area contributed by atoms with E-state index in [1.807, 2.05) is 20.8 Å². The normalized spacial score (nSPS) is 12.1. The molecule has 0 aliphatic rings. The van der Waals surface area contributed by atoms with Gasteiger partial charge in [-0.25, -0.2) is 4.79 Å². The lowest BCUT2D eigenvalue weighted by atomic mass is 9.75. The molecule has 0 unspecified atom stereocenters. The number of rotatable bonds is 4. The van der Waals surface area contributed by atoms with Crippen molar-refractivity contribution in [1.82, 2.24) is 0 Å². The zero-order chi connectivity index (χ0) is 15.6. The van der Waals surface area contributed by atoms with E-state index in [9.17, 15) is 9.59 Å². The molecule has 0 saturated carbocycles. The first-order valence-corrected chi connectivity index (χ1v) is 7.00. The van der Waals surface area contributed by atoms with E-state index in [2.05, 4.69) is 12.6 Å². The van der Waals surface area contributed by atoms with Gasteiger partial charge in [-0.1, -0.05) is 26.8 Å². The third kappa shape index (κ3) is 4.37. The van der Waals surface area contributed by atoms with Crippen LogP contribution in [-0.2, 0) is 9.53 Å². The Kier molecular flexibility index (Phi) is 5.03. The van der Waals surface area contributed by atoms with Crippen molar-refractivity contribution in [2.75, 3.05) is 6.61 Å². The summed E-state index contributed by atoms with van der Waals surface area (Å²) in [6.07, 6.45) is 0. The zero-order valence-corrected chi connectivity index (χ0v) is 13.6. The molecular formula is C16H22O3S. The quantitative estimate of drug-likeness (QED) is 0.679. The largest absolute Gasteiger partial charge is 0.461 e. The van der Waals surface area contributed by atoms with E-state index in [1.165, 1.54) is 0 Å². The molecule has 0 saturated heterocycles. The lowest BCUT2D eigenvalue weighted by Gasteiger charge is -2.30. The van der Waals surface area contributed by atoms with Gasteiger partial charge in [0.15, 0.2) is 0 Å². The second-order valence-electron chi connectivity index (χ2n) is 6.59. The Bertz CT molecular complexity index is 513. The van der Waals surface area contributed by atoms with Gasteiger partial charge in [0.05, 0.1) is 11.0 Å². The highest BCUT2D eigenvalue weighted by atomic mass is 32.1. The van der Waals surface area contributed by atoms with Crippen LogP contribution in [0.4, 0.5) is 0 Å². The van der Waals surface area contributed by atoms with Crippen molar-refractivity contribution < 1.29 is 14.3 Å². The first kappa shape index (κ1) is 16.8. The van der Waals surface area contributed by atoms with Crippen LogP contribution >= 0.6 is 12.6 Å². The molecule has 0 aliphatic carbocycles. The summed E-state index contributed by atoms with van der Waals surface area (Å²) in [6, 6.07) is 6.84. The van der Waals surface area contributed by atoms with E-state index in [-0.39, 0.29) is 12.4 Å². The summed E-state index contributed by atoms with van der Waals surface area (Å²) in [6.45, 7) is 9.25. The number of hydrogen-bond donors (Lipinski definition) is 1. The number of thiol groups is 1. The molecule has 1 rings (SSSR count). The highest BCUT2D eigenvalue weighted by Crippen LogP contribution is 2.29. The van der Waals surface area contributed by atoms with Crippen LogP contribution in [0.15, 0.2) is 29.2 Å². The second kappa shape index (κ2) is 6.00. The first-order chi connectivity index (χ1) is 9.04.